The molecule has 0 saturated carbocycles. The summed E-state index contributed by atoms with van der Waals surface area (Å²) in [6.07, 6.45) is 2.86. The van der Waals surface area contributed by atoms with Gasteiger partial charge in [-0.05, 0) is 36.5 Å². The fourth-order valence-corrected chi connectivity index (χ4v) is 2.47. The normalized spacial score (nSPS) is 10.4. The second-order valence-electron chi connectivity index (χ2n) is 3.65. The van der Waals surface area contributed by atoms with Crippen LogP contribution in [0.4, 0.5) is 0 Å². The summed E-state index contributed by atoms with van der Waals surface area (Å²) in [4.78, 5) is 11.8. The van der Waals surface area contributed by atoms with Gasteiger partial charge in [-0.2, -0.15) is 11.8 Å². The number of thioether (sulfide) groups is 1. The van der Waals surface area contributed by atoms with Gasteiger partial charge in [0.25, 0.3) is 0 Å². The minimum atomic E-state index is 0.254. The first-order chi connectivity index (χ1) is 7.74. The molecular weight excluding hydrogens is 284 g/mol. The number of Topliss-reactive ketones (excluding diaryl/α,β-unsaturated/α-hetero) is 1. The van der Waals surface area contributed by atoms with Gasteiger partial charge in [-0.15, -0.1) is 0 Å². The Morgan fingerprint density at radius 2 is 1.94 bits per heavy atom. The van der Waals surface area contributed by atoms with Crippen LogP contribution >= 0.6 is 27.7 Å². The van der Waals surface area contributed by atoms with Crippen molar-refractivity contribution >= 4 is 33.5 Å². The van der Waals surface area contributed by atoms with Crippen molar-refractivity contribution in [2.75, 3.05) is 11.5 Å². The van der Waals surface area contributed by atoms with E-state index in [2.05, 4.69) is 22.9 Å². The van der Waals surface area contributed by atoms with E-state index >= 15 is 0 Å². The number of hydrogen-bond donors (Lipinski definition) is 0. The van der Waals surface area contributed by atoms with Gasteiger partial charge in [0.1, 0.15) is 0 Å². The second kappa shape index (κ2) is 7.91. The van der Waals surface area contributed by atoms with Crippen LogP contribution < -0.4 is 0 Å². The molecule has 1 rings (SSSR count). The van der Waals surface area contributed by atoms with Gasteiger partial charge in [-0.25, -0.2) is 0 Å². The van der Waals surface area contributed by atoms with Crippen LogP contribution in [0.15, 0.2) is 28.7 Å². The zero-order chi connectivity index (χ0) is 11.8. The molecule has 0 spiro atoms. The van der Waals surface area contributed by atoms with E-state index in [0.29, 0.717) is 6.42 Å². The number of benzene rings is 1. The highest BCUT2D eigenvalue weighted by atomic mass is 79.9. The molecule has 0 radical (unpaired) electrons. The van der Waals surface area contributed by atoms with Crippen molar-refractivity contribution in [2.24, 2.45) is 0 Å². The minimum Gasteiger partial charge on any atom is -0.294 e. The number of halogens is 1. The van der Waals surface area contributed by atoms with Crippen LogP contribution in [0.25, 0.3) is 0 Å². The van der Waals surface area contributed by atoms with Gasteiger partial charge >= 0.3 is 0 Å². The van der Waals surface area contributed by atoms with E-state index in [1.54, 1.807) is 0 Å². The summed E-state index contributed by atoms with van der Waals surface area (Å²) in [5, 5.41) is 0. The monoisotopic (exact) mass is 300 g/mol. The molecule has 0 aliphatic carbocycles. The van der Waals surface area contributed by atoms with Crippen LogP contribution in [0.5, 0.6) is 0 Å². The maximum Gasteiger partial charge on any atom is 0.162 e. The van der Waals surface area contributed by atoms with E-state index in [4.69, 9.17) is 0 Å². The lowest BCUT2D eigenvalue weighted by molar-refractivity contribution is 0.0982. The zero-order valence-corrected chi connectivity index (χ0v) is 11.9. The summed E-state index contributed by atoms with van der Waals surface area (Å²) in [5.41, 5.74) is 0.823. The molecule has 0 aromatic heterocycles. The van der Waals surface area contributed by atoms with Crippen LogP contribution in [-0.4, -0.2) is 17.3 Å². The molecule has 0 aliphatic heterocycles. The highest BCUT2D eigenvalue weighted by molar-refractivity contribution is 9.10. The number of carbonyl (C=O) groups is 1. The molecule has 0 N–H and O–H groups in total. The Kier molecular flexibility index (Phi) is 6.81. The molecule has 0 unspecified atom stereocenters. The van der Waals surface area contributed by atoms with Crippen molar-refractivity contribution in [2.45, 2.75) is 26.2 Å². The van der Waals surface area contributed by atoms with Crippen molar-refractivity contribution in [3.8, 4) is 0 Å². The number of hydrogen-bond acceptors (Lipinski definition) is 2. The Bertz CT molecular complexity index is 321. The summed E-state index contributed by atoms with van der Waals surface area (Å²) in [5.74, 6) is 2.55. The number of ketones is 1. The van der Waals surface area contributed by atoms with E-state index in [1.165, 1.54) is 12.2 Å². The summed E-state index contributed by atoms with van der Waals surface area (Å²) < 4.78 is 1.02. The standard InChI is InChI=1S/C13H17BrOS/c1-2-9-16-10-3-4-13(15)11-5-7-12(14)8-6-11/h5-8H,2-4,9-10H2,1H3. The van der Waals surface area contributed by atoms with Crippen molar-refractivity contribution in [3.05, 3.63) is 34.3 Å². The predicted molar refractivity (Wildman–Crippen MR) is 75.3 cm³/mol. The van der Waals surface area contributed by atoms with E-state index < -0.39 is 0 Å². The molecule has 0 amide bonds. The van der Waals surface area contributed by atoms with Gasteiger partial charge in [0.2, 0.25) is 0 Å². The molecule has 1 aromatic carbocycles. The quantitative estimate of drug-likeness (QED) is 0.542. The van der Waals surface area contributed by atoms with E-state index in [0.717, 1.165) is 22.2 Å². The summed E-state index contributed by atoms with van der Waals surface area (Å²) in [6.45, 7) is 2.18. The maximum absolute atomic E-state index is 11.8. The third kappa shape index (κ3) is 5.17. The largest absolute Gasteiger partial charge is 0.294 e. The first-order valence-corrected chi connectivity index (χ1v) is 7.55. The molecule has 1 nitrogen and oxygen atoms in total. The van der Waals surface area contributed by atoms with Crippen molar-refractivity contribution < 1.29 is 4.79 Å². The van der Waals surface area contributed by atoms with Gasteiger partial charge in [0.15, 0.2) is 5.78 Å². The third-order valence-electron chi connectivity index (χ3n) is 2.21. The number of carbonyl (C=O) groups excluding carboxylic acids is 1. The van der Waals surface area contributed by atoms with Crippen LogP contribution in [0.2, 0.25) is 0 Å². The smallest absolute Gasteiger partial charge is 0.162 e. The fraction of sp³-hybridized carbons (Fsp3) is 0.462. The Labute approximate surface area is 110 Å². The number of rotatable bonds is 7. The van der Waals surface area contributed by atoms with Gasteiger partial charge in [0.05, 0.1) is 0 Å². The third-order valence-corrected chi connectivity index (χ3v) is 4.01. The molecule has 88 valence electrons. The van der Waals surface area contributed by atoms with Crippen LogP contribution in [0, 0.1) is 0 Å². The van der Waals surface area contributed by atoms with Gasteiger partial charge in [-0.3, -0.25) is 4.79 Å². The second-order valence-corrected chi connectivity index (χ2v) is 5.79. The van der Waals surface area contributed by atoms with E-state index in [1.807, 2.05) is 36.0 Å². The molecule has 0 atom stereocenters. The van der Waals surface area contributed by atoms with Crippen LogP contribution in [0.3, 0.4) is 0 Å². The Morgan fingerprint density at radius 1 is 1.25 bits per heavy atom. The average molecular weight is 301 g/mol. The molecule has 16 heavy (non-hydrogen) atoms. The Morgan fingerprint density at radius 3 is 2.56 bits per heavy atom. The lowest BCUT2D eigenvalue weighted by Crippen LogP contribution is -1.99. The highest BCUT2D eigenvalue weighted by Gasteiger charge is 2.04. The van der Waals surface area contributed by atoms with Crippen LogP contribution in [0.1, 0.15) is 36.5 Å². The van der Waals surface area contributed by atoms with Crippen molar-refractivity contribution in [1.29, 1.82) is 0 Å². The molecule has 0 bridgehead atoms. The topological polar surface area (TPSA) is 17.1 Å². The molecular formula is C13H17BrOS. The van der Waals surface area contributed by atoms with Crippen LogP contribution in [-0.2, 0) is 0 Å². The lowest BCUT2D eigenvalue weighted by Gasteiger charge is -2.01. The Balaban J connectivity index is 2.27. The molecule has 0 heterocycles. The SMILES string of the molecule is CCCSCCCC(=O)c1ccc(Br)cc1. The molecule has 1 aromatic rings. The predicted octanol–water partition coefficient (Wildman–Crippen LogP) is 4.56. The summed E-state index contributed by atoms with van der Waals surface area (Å²) in [6, 6.07) is 7.59. The first kappa shape index (κ1) is 13.8. The van der Waals surface area contributed by atoms with Gasteiger partial charge < -0.3 is 0 Å². The van der Waals surface area contributed by atoms with Crippen molar-refractivity contribution in [1.82, 2.24) is 0 Å². The zero-order valence-electron chi connectivity index (χ0n) is 9.54. The lowest BCUT2D eigenvalue weighted by atomic mass is 10.1. The fourth-order valence-electron chi connectivity index (χ4n) is 1.36. The maximum atomic E-state index is 11.8. The highest BCUT2D eigenvalue weighted by Crippen LogP contribution is 2.13. The average Bonchev–Trinajstić information content (AvgIpc) is 2.29. The molecule has 0 fully saturated rings. The Hall–Kier alpha value is -0.280. The molecule has 3 heteroatoms. The molecule has 0 aliphatic rings. The summed E-state index contributed by atoms with van der Waals surface area (Å²) >= 11 is 5.29. The van der Waals surface area contributed by atoms with Gasteiger partial charge in [0, 0.05) is 16.5 Å². The van der Waals surface area contributed by atoms with E-state index in [-0.39, 0.29) is 5.78 Å². The van der Waals surface area contributed by atoms with Crippen molar-refractivity contribution in [3.63, 3.8) is 0 Å². The van der Waals surface area contributed by atoms with E-state index in [9.17, 15) is 4.79 Å². The first-order valence-electron chi connectivity index (χ1n) is 5.60. The summed E-state index contributed by atoms with van der Waals surface area (Å²) in [7, 11) is 0. The minimum absolute atomic E-state index is 0.254. The molecule has 0 saturated heterocycles. The van der Waals surface area contributed by atoms with Gasteiger partial charge in [-0.1, -0.05) is 35.0 Å².